The molecule has 0 saturated carbocycles. The SMILES string of the molecule is CCCOc1cc(C)cc(-n2nc(C(N)=O)c3c2C(=O)N(c2ccc(N4CCCCC4=O)cc2)CC3)c1. The molecule has 2 aliphatic heterocycles. The van der Waals surface area contributed by atoms with Gasteiger partial charge in [-0.25, -0.2) is 4.68 Å². The van der Waals surface area contributed by atoms with Gasteiger partial charge in [0.2, 0.25) is 5.91 Å². The second-order valence-corrected chi connectivity index (χ2v) is 9.53. The highest BCUT2D eigenvalue weighted by Gasteiger charge is 2.35. The van der Waals surface area contributed by atoms with Crippen LogP contribution in [0.1, 0.15) is 64.7 Å². The Labute approximate surface area is 215 Å². The van der Waals surface area contributed by atoms with E-state index in [1.54, 1.807) is 9.80 Å². The first kappa shape index (κ1) is 24.5. The summed E-state index contributed by atoms with van der Waals surface area (Å²) < 4.78 is 7.34. The number of aromatic nitrogens is 2. The summed E-state index contributed by atoms with van der Waals surface area (Å²) in [6.07, 6.45) is 3.77. The van der Waals surface area contributed by atoms with Crippen molar-refractivity contribution < 1.29 is 19.1 Å². The number of hydrogen-bond donors (Lipinski definition) is 1. The first-order valence-corrected chi connectivity index (χ1v) is 12.8. The van der Waals surface area contributed by atoms with E-state index in [1.165, 1.54) is 4.68 Å². The van der Waals surface area contributed by atoms with Crippen LogP contribution in [0.25, 0.3) is 5.69 Å². The molecule has 1 saturated heterocycles. The topological polar surface area (TPSA) is 111 Å². The highest BCUT2D eigenvalue weighted by atomic mass is 16.5. The lowest BCUT2D eigenvalue weighted by Gasteiger charge is -2.29. The normalized spacial score (nSPS) is 15.6. The van der Waals surface area contributed by atoms with Gasteiger partial charge in [-0.05, 0) is 74.6 Å². The molecule has 0 atom stereocenters. The number of hydrogen-bond acceptors (Lipinski definition) is 5. The smallest absolute Gasteiger partial charge is 0.277 e. The van der Waals surface area contributed by atoms with Crippen LogP contribution in [0.3, 0.4) is 0 Å². The molecule has 37 heavy (non-hydrogen) atoms. The molecule has 1 fully saturated rings. The molecule has 3 aromatic rings. The Morgan fingerprint density at radius 1 is 0.973 bits per heavy atom. The summed E-state index contributed by atoms with van der Waals surface area (Å²) in [6.45, 7) is 5.64. The minimum absolute atomic E-state index is 0.111. The fourth-order valence-corrected chi connectivity index (χ4v) is 5.04. The van der Waals surface area contributed by atoms with Gasteiger partial charge in [0.1, 0.15) is 11.4 Å². The second-order valence-electron chi connectivity index (χ2n) is 9.53. The molecule has 1 aromatic heterocycles. The van der Waals surface area contributed by atoms with E-state index < -0.39 is 5.91 Å². The monoisotopic (exact) mass is 501 g/mol. The van der Waals surface area contributed by atoms with Crippen LogP contribution in [0.2, 0.25) is 0 Å². The number of amides is 3. The number of carbonyl (C=O) groups excluding carboxylic acids is 3. The number of ether oxygens (including phenoxy) is 1. The molecular weight excluding hydrogens is 470 g/mol. The van der Waals surface area contributed by atoms with Crippen molar-refractivity contribution >= 4 is 29.1 Å². The van der Waals surface area contributed by atoms with E-state index in [2.05, 4.69) is 5.10 Å². The molecule has 9 heteroatoms. The van der Waals surface area contributed by atoms with Crippen LogP contribution < -0.4 is 20.3 Å². The Hall–Kier alpha value is -4.14. The summed E-state index contributed by atoms with van der Waals surface area (Å²) in [4.78, 5) is 41.9. The number of aryl methyl sites for hydroxylation is 1. The maximum Gasteiger partial charge on any atom is 0.277 e. The molecule has 0 bridgehead atoms. The quantitative estimate of drug-likeness (QED) is 0.530. The van der Waals surface area contributed by atoms with E-state index in [0.717, 1.165) is 30.5 Å². The second kappa shape index (κ2) is 10.1. The summed E-state index contributed by atoms with van der Waals surface area (Å²) in [5.41, 5.74) is 9.76. The Bertz CT molecular complexity index is 1360. The van der Waals surface area contributed by atoms with Crippen molar-refractivity contribution in [2.75, 3.05) is 29.5 Å². The van der Waals surface area contributed by atoms with Crippen molar-refractivity contribution in [3.8, 4) is 11.4 Å². The van der Waals surface area contributed by atoms with E-state index in [9.17, 15) is 14.4 Å². The number of anilines is 2. The number of nitrogens with zero attached hydrogens (tertiary/aromatic N) is 4. The predicted octanol–water partition coefficient (Wildman–Crippen LogP) is 3.79. The standard InChI is InChI=1S/C28H31N5O4/c1-3-14-37-22-16-18(2)15-21(17-22)33-26-23(25(30-33)27(29)35)11-13-32(28(26)36)20-9-7-19(8-10-20)31-12-5-4-6-24(31)34/h7-10,15-17H,3-6,11-14H2,1-2H3,(H2,29,35). The lowest BCUT2D eigenvalue weighted by Crippen LogP contribution is -2.39. The fraction of sp³-hybridized carbons (Fsp3) is 0.357. The van der Waals surface area contributed by atoms with Crippen LogP contribution in [0.5, 0.6) is 5.75 Å². The first-order chi connectivity index (χ1) is 17.9. The van der Waals surface area contributed by atoms with Gasteiger partial charge < -0.3 is 20.3 Å². The third kappa shape index (κ3) is 4.69. The van der Waals surface area contributed by atoms with Crippen LogP contribution in [-0.4, -0.2) is 47.2 Å². The summed E-state index contributed by atoms with van der Waals surface area (Å²) in [6, 6.07) is 13.1. The predicted molar refractivity (Wildman–Crippen MR) is 141 cm³/mol. The van der Waals surface area contributed by atoms with E-state index in [1.807, 2.05) is 56.3 Å². The molecule has 9 nitrogen and oxygen atoms in total. The summed E-state index contributed by atoms with van der Waals surface area (Å²) in [5.74, 6) is -0.131. The van der Waals surface area contributed by atoms with Crippen molar-refractivity contribution in [1.29, 1.82) is 0 Å². The number of rotatable bonds is 7. The number of carbonyl (C=O) groups is 3. The molecule has 192 valence electrons. The van der Waals surface area contributed by atoms with Crippen molar-refractivity contribution in [3.05, 3.63) is 65.0 Å². The number of fused-ring (bicyclic) bond motifs is 1. The largest absolute Gasteiger partial charge is 0.494 e. The number of piperidine rings is 1. The maximum atomic E-state index is 13.8. The summed E-state index contributed by atoms with van der Waals surface area (Å²) in [5, 5.41) is 4.48. The molecule has 3 heterocycles. The van der Waals surface area contributed by atoms with E-state index in [-0.39, 0.29) is 17.5 Å². The highest BCUT2D eigenvalue weighted by Crippen LogP contribution is 2.31. The Kier molecular flexibility index (Phi) is 6.69. The Morgan fingerprint density at radius 3 is 2.38 bits per heavy atom. The van der Waals surface area contributed by atoms with Gasteiger partial charge in [-0.3, -0.25) is 14.4 Å². The average molecular weight is 502 g/mol. The number of nitrogens with two attached hydrogens (primary N) is 1. The van der Waals surface area contributed by atoms with Crippen LogP contribution >= 0.6 is 0 Å². The van der Waals surface area contributed by atoms with Gasteiger partial charge in [0.15, 0.2) is 5.69 Å². The molecule has 2 N–H and O–H groups in total. The van der Waals surface area contributed by atoms with Gasteiger partial charge in [0.05, 0.1) is 12.3 Å². The molecule has 0 spiro atoms. The van der Waals surface area contributed by atoms with Gasteiger partial charge >= 0.3 is 0 Å². The van der Waals surface area contributed by atoms with Gasteiger partial charge in [0, 0.05) is 42.5 Å². The number of benzene rings is 2. The molecule has 0 radical (unpaired) electrons. The van der Waals surface area contributed by atoms with E-state index in [4.69, 9.17) is 10.5 Å². The minimum Gasteiger partial charge on any atom is -0.494 e. The molecule has 0 aliphatic carbocycles. The van der Waals surface area contributed by atoms with Crippen LogP contribution in [0.4, 0.5) is 11.4 Å². The van der Waals surface area contributed by atoms with Crippen LogP contribution in [-0.2, 0) is 11.2 Å². The van der Waals surface area contributed by atoms with Gasteiger partial charge in [-0.1, -0.05) is 6.92 Å². The molecule has 0 unspecified atom stereocenters. The molecule has 3 amide bonds. The zero-order valence-electron chi connectivity index (χ0n) is 21.2. The van der Waals surface area contributed by atoms with Gasteiger partial charge in [-0.15, -0.1) is 0 Å². The van der Waals surface area contributed by atoms with Crippen molar-refractivity contribution in [2.45, 2.75) is 46.0 Å². The van der Waals surface area contributed by atoms with Crippen molar-refractivity contribution in [2.24, 2.45) is 5.73 Å². The third-order valence-electron chi connectivity index (χ3n) is 6.80. The minimum atomic E-state index is -0.665. The molecule has 2 aliphatic rings. The van der Waals surface area contributed by atoms with E-state index >= 15 is 0 Å². The average Bonchev–Trinajstić information content (AvgIpc) is 3.29. The Balaban J connectivity index is 1.51. The third-order valence-corrected chi connectivity index (χ3v) is 6.80. The van der Waals surface area contributed by atoms with Gasteiger partial charge in [0.25, 0.3) is 11.8 Å². The van der Waals surface area contributed by atoms with Crippen LogP contribution in [0, 0.1) is 6.92 Å². The van der Waals surface area contributed by atoms with E-state index in [0.29, 0.717) is 60.9 Å². The van der Waals surface area contributed by atoms with Crippen molar-refractivity contribution in [1.82, 2.24) is 9.78 Å². The summed E-state index contributed by atoms with van der Waals surface area (Å²) in [7, 11) is 0. The Morgan fingerprint density at radius 2 is 1.70 bits per heavy atom. The molecule has 5 rings (SSSR count). The lowest BCUT2D eigenvalue weighted by molar-refractivity contribution is -0.119. The maximum absolute atomic E-state index is 13.8. The molecule has 2 aromatic carbocycles. The van der Waals surface area contributed by atoms with Gasteiger partial charge in [-0.2, -0.15) is 5.10 Å². The summed E-state index contributed by atoms with van der Waals surface area (Å²) >= 11 is 0. The van der Waals surface area contributed by atoms with Crippen LogP contribution in [0.15, 0.2) is 42.5 Å². The molecular formula is C28H31N5O4. The number of primary amides is 1. The lowest BCUT2D eigenvalue weighted by atomic mass is 10.0. The zero-order chi connectivity index (χ0) is 26.1. The first-order valence-electron chi connectivity index (χ1n) is 12.8. The zero-order valence-corrected chi connectivity index (χ0v) is 21.2. The highest BCUT2D eigenvalue weighted by molar-refractivity contribution is 6.09. The fourth-order valence-electron chi connectivity index (χ4n) is 5.04. The van der Waals surface area contributed by atoms with Crippen molar-refractivity contribution in [3.63, 3.8) is 0 Å².